The molecule has 3 rings (SSSR count). The van der Waals surface area contributed by atoms with Crippen molar-refractivity contribution >= 4 is 23.4 Å². The smallest absolute Gasteiger partial charge is 0.191 e. The predicted octanol–water partition coefficient (Wildman–Crippen LogP) is 1.52. The average Bonchev–Trinajstić information content (AvgIpc) is 2.94. The Labute approximate surface area is 123 Å². The quantitative estimate of drug-likeness (QED) is 0.336. The van der Waals surface area contributed by atoms with Gasteiger partial charge in [-0.2, -0.15) is 0 Å². The lowest BCUT2D eigenvalue weighted by molar-refractivity contribution is 0.188. The van der Waals surface area contributed by atoms with Crippen LogP contribution in [0.15, 0.2) is 11.2 Å². The average molecular weight is 294 g/mol. The van der Waals surface area contributed by atoms with Crippen LogP contribution in [0.4, 0.5) is 11.6 Å². The first-order valence-electron chi connectivity index (χ1n) is 7.19. The second-order valence-corrected chi connectivity index (χ2v) is 6.24. The SMILES string of the molecule is CSc1nc(NN)cc(NC2CCN3CCCC3C2)n1. The van der Waals surface area contributed by atoms with Crippen LogP contribution in [0.5, 0.6) is 0 Å². The number of rotatable bonds is 4. The van der Waals surface area contributed by atoms with Gasteiger partial charge >= 0.3 is 0 Å². The summed E-state index contributed by atoms with van der Waals surface area (Å²) in [7, 11) is 0. The van der Waals surface area contributed by atoms with E-state index in [9.17, 15) is 0 Å². The Morgan fingerprint density at radius 1 is 1.30 bits per heavy atom. The molecule has 20 heavy (non-hydrogen) atoms. The lowest BCUT2D eigenvalue weighted by atomic mass is 9.97. The number of nitrogens with two attached hydrogens (primary N) is 1. The molecule has 3 heterocycles. The Morgan fingerprint density at radius 3 is 2.95 bits per heavy atom. The van der Waals surface area contributed by atoms with Gasteiger partial charge in [0.15, 0.2) is 5.16 Å². The van der Waals surface area contributed by atoms with Crippen molar-refractivity contribution in [2.24, 2.45) is 5.84 Å². The number of thioether (sulfide) groups is 1. The Morgan fingerprint density at radius 2 is 2.15 bits per heavy atom. The zero-order chi connectivity index (χ0) is 13.9. The molecule has 0 radical (unpaired) electrons. The molecule has 110 valence electrons. The molecule has 0 aromatic carbocycles. The fraction of sp³-hybridized carbons (Fsp3) is 0.692. The zero-order valence-corrected chi connectivity index (χ0v) is 12.6. The Bertz CT molecular complexity index is 446. The molecule has 0 bridgehead atoms. The molecule has 4 N–H and O–H groups in total. The maximum absolute atomic E-state index is 5.46. The van der Waals surface area contributed by atoms with Crippen molar-refractivity contribution in [2.75, 3.05) is 30.1 Å². The molecule has 6 nitrogen and oxygen atoms in total. The van der Waals surface area contributed by atoms with Crippen molar-refractivity contribution in [3.05, 3.63) is 6.07 Å². The first-order valence-corrected chi connectivity index (χ1v) is 8.41. The summed E-state index contributed by atoms with van der Waals surface area (Å²) in [4.78, 5) is 11.4. The number of piperidine rings is 1. The Kier molecular flexibility index (Phi) is 4.28. The third-order valence-corrected chi connectivity index (χ3v) is 4.76. The van der Waals surface area contributed by atoms with E-state index in [-0.39, 0.29) is 0 Å². The van der Waals surface area contributed by atoms with Gasteiger partial charge in [0.05, 0.1) is 0 Å². The standard InChI is InChI=1S/C13H22N6S/c1-20-13-16-11(8-12(17-13)18-14)15-9-4-6-19-5-2-3-10(19)7-9/h8-10H,2-7,14H2,1H3,(H2,15,16,17,18). The number of hydrogen-bond acceptors (Lipinski definition) is 7. The van der Waals surface area contributed by atoms with Crippen LogP contribution < -0.4 is 16.6 Å². The first-order chi connectivity index (χ1) is 9.78. The number of anilines is 2. The largest absolute Gasteiger partial charge is 0.367 e. The van der Waals surface area contributed by atoms with Crippen molar-refractivity contribution in [3.8, 4) is 0 Å². The fourth-order valence-electron chi connectivity index (χ4n) is 3.23. The molecule has 1 aromatic heterocycles. The molecule has 2 unspecified atom stereocenters. The van der Waals surface area contributed by atoms with Crippen LogP contribution in [0.1, 0.15) is 25.7 Å². The molecule has 0 saturated carbocycles. The number of hydrogen-bond donors (Lipinski definition) is 3. The topological polar surface area (TPSA) is 79.1 Å². The van der Waals surface area contributed by atoms with Crippen molar-refractivity contribution < 1.29 is 0 Å². The van der Waals surface area contributed by atoms with Gasteiger partial charge in [-0.15, -0.1) is 0 Å². The molecule has 0 amide bonds. The molecule has 7 heteroatoms. The van der Waals surface area contributed by atoms with Crippen LogP contribution in [-0.4, -0.2) is 46.3 Å². The van der Waals surface area contributed by atoms with Crippen molar-refractivity contribution in [1.82, 2.24) is 14.9 Å². The summed E-state index contributed by atoms with van der Waals surface area (Å²) in [6, 6.07) is 3.14. The third kappa shape index (κ3) is 2.99. The number of nitrogens with zero attached hydrogens (tertiary/aromatic N) is 3. The van der Waals surface area contributed by atoms with Crippen molar-refractivity contribution in [2.45, 2.75) is 42.9 Å². The zero-order valence-electron chi connectivity index (χ0n) is 11.8. The molecule has 1 aromatic rings. The van der Waals surface area contributed by atoms with E-state index in [0.29, 0.717) is 11.9 Å². The van der Waals surface area contributed by atoms with E-state index in [1.165, 1.54) is 50.5 Å². The van der Waals surface area contributed by atoms with E-state index in [1.807, 2.05) is 12.3 Å². The molecule has 2 saturated heterocycles. The highest BCUT2D eigenvalue weighted by Gasteiger charge is 2.31. The number of nitrogens with one attached hydrogen (secondary N) is 2. The van der Waals surface area contributed by atoms with Gasteiger partial charge in [-0.25, -0.2) is 15.8 Å². The molecule has 0 aliphatic carbocycles. The van der Waals surface area contributed by atoms with Crippen molar-refractivity contribution in [1.29, 1.82) is 0 Å². The highest BCUT2D eigenvalue weighted by atomic mass is 32.2. The second kappa shape index (κ2) is 6.15. The lowest BCUT2D eigenvalue weighted by Gasteiger charge is -2.35. The number of fused-ring (bicyclic) bond motifs is 1. The molecule has 2 fully saturated rings. The monoisotopic (exact) mass is 294 g/mol. The first kappa shape index (κ1) is 13.9. The van der Waals surface area contributed by atoms with Crippen LogP contribution in [0.25, 0.3) is 0 Å². The fourth-order valence-corrected chi connectivity index (χ4v) is 3.61. The van der Waals surface area contributed by atoms with Crippen LogP contribution >= 0.6 is 11.8 Å². The minimum Gasteiger partial charge on any atom is -0.367 e. The summed E-state index contributed by atoms with van der Waals surface area (Å²) in [5.74, 6) is 6.99. The maximum Gasteiger partial charge on any atom is 0.191 e. The van der Waals surface area contributed by atoms with Crippen LogP contribution in [-0.2, 0) is 0 Å². The van der Waals surface area contributed by atoms with E-state index in [2.05, 4.69) is 25.6 Å². The van der Waals surface area contributed by atoms with Gasteiger partial charge in [0.25, 0.3) is 0 Å². The molecule has 2 aliphatic rings. The predicted molar refractivity (Wildman–Crippen MR) is 82.9 cm³/mol. The lowest BCUT2D eigenvalue weighted by Crippen LogP contribution is -2.42. The molecular weight excluding hydrogens is 272 g/mol. The van der Waals surface area contributed by atoms with Gasteiger partial charge in [0, 0.05) is 24.7 Å². The number of aromatic nitrogens is 2. The summed E-state index contributed by atoms with van der Waals surface area (Å²) in [5, 5.41) is 4.29. The summed E-state index contributed by atoms with van der Waals surface area (Å²) < 4.78 is 0. The van der Waals surface area contributed by atoms with Gasteiger partial charge in [-0.1, -0.05) is 11.8 Å². The highest BCUT2D eigenvalue weighted by Crippen LogP contribution is 2.28. The van der Waals surface area contributed by atoms with Gasteiger partial charge < -0.3 is 15.6 Å². The van der Waals surface area contributed by atoms with Crippen LogP contribution in [0.2, 0.25) is 0 Å². The number of nitrogen functional groups attached to an aromatic ring is 1. The highest BCUT2D eigenvalue weighted by molar-refractivity contribution is 7.98. The van der Waals surface area contributed by atoms with E-state index >= 15 is 0 Å². The summed E-state index contributed by atoms with van der Waals surface area (Å²) in [6.45, 7) is 2.48. The minimum atomic E-state index is 0.504. The summed E-state index contributed by atoms with van der Waals surface area (Å²) >= 11 is 1.52. The van der Waals surface area contributed by atoms with Crippen molar-refractivity contribution in [3.63, 3.8) is 0 Å². The second-order valence-electron chi connectivity index (χ2n) is 5.47. The Hall–Kier alpha value is -1.05. The Balaban J connectivity index is 1.68. The number of hydrazine groups is 1. The van der Waals surface area contributed by atoms with Crippen LogP contribution in [0, 0.1) is 0 Å². The van der Waals surface area contributed by atoms with E-state index < -0.39 is 0 Å². The van der Waals surface area contributed by atoms with E-state index in [1.54, 1.807) is 0 Å². The van der Waals surface area contributed by atoms with Crippen LogP contribution in [0.3, 0.4) is 0 Å². The van der Waals surface area contributed by atoms with Gasteiger partial charge in [0.2, 0.25) is 0 Å². The minimum absolute atomic E-state index is 0.504. The molecule has 0 spiro atoms. The third-order valence-electron chi connectivity index (χ3n) is 4.21. The van der Waals surface area contributed by atoms with Gasteiger partial charge in [-0.3, -0.25) is 0 Å². The summed E-state index contributed by atoms with van der Waals surface area (Å²) in [6.07, 6.45) is 7.05. The van der Waals surface area contributed by atoms with E-state index in [4.69, 9.17) is 5.84 Å². The van der Waals surface area contributed by atoms with Gasteiger partial charge in [-0.05, 0) is 38.5 Å². The molecule has 2 aliphatic heterocycles. The maximum atomic E-state index is 5.46. The van der Waals surface area contributed by atoms with E-state index in [0.717, 1.165) is 17.0 Å². The normalized spacial score (nSPS) is 26.3. The molecule has 2 atom stereocenters. The summed E-state index contributed by atoms with van der Waals surface area (Å²) in [5.41, 5.74) is 2.60. The van der Waals surface area contributed by atoms with Gasteiger partial charge in [0.1, 0.15) is 11.6 Å². The molecular formula is C13H22N6S.